The largest absolute Gasteiger partial charge is 0.443 e. The van der Waals surface area contributed by atoms with Crippen LogP contribution in [0.15, 0.2) is 52.6 Å². The Balaban J connectivity index is 3.03. The quantitative estimate of drug-likeness (QED) is 0.460. The molecule has 1 rings (SSSR count). The van der Waals surface area contributed by atoms with Gasteiger partial charge in [-0.05, 0) is 36.0 Å². The molecule has 0 atom stereocenters. The third-order valence-electron chi connectivity index (χ3n) is 2.07. The average molecular weight is 367 g/mol. The van der Waals surface area contributed by atoms with E-state index in [1.807, 2.05) is 0 Å². The number of nitrogens with one attached hydrogen (secondary N) is 2. The van der Waals surface area contributed by atoms with E-state index in [1.165, 1.54) is 12.1 Å². The van der Waals surface area contributed by atoms with Crippen LogP contribution in [-0.4, -0.2) is 20.1 Å². The maximum atomic E-state index is 12.3. The van der Waals surface area contributed by atoms with Gasteiger partial charge in [0.25, 0.3) is 10.0 Å². The van der Waals surface area contributed by atoms with Gasteiger partial charge in [0, 0.05) is 6.54 Å². The number of benzene rings is 1. The number of para-hydroxylation sites is 1. The first kappa shape index (κ1) is 17.8. The fourth-order valence-corrected chi connectivity index (χ4v) is 2.86. The predicted molar refractivity (Wildman–Crippen MR) is 88.0 cm³/mol. The average Bonchev–Trinajstić information content (AvgIpc) is 2.45. The summed E-state index contributed by atoms with van der Waals surface area (Å²) in [4.78, 5) is -0.121. The first-order valence-corrected chi connectivity index (χ1v) is 8.25. The van der Waals surface area contributed by atoms with Crippen LogP contribution in [-0.2, 0) is 10.0 Å². The first-order chi connectivity index (χ1) is 9.90. The lowest BCUT2D eigenvalue weighted by atomic mass is 10.3. The lowest BCUT2D eigenvalue weighted by Gasteiger charge is -2.13. The Hall–Kier alpha value is -1.28. The van der Waals surface area contributed by atoms with E-state index < -0.39 is 10.0 Å². The van der Waals surface area contributed by atoms with Gasteiger partial charge in [0.05, 0.1) is 5.54 Å². The molecule has 0 aliphatic heterocycles. The summed E-state index contributed by atoms with van der Waals surface area (Å²) >= 11 is 15.9. The van der Waals surface area contributed by atoms with E-state index in [0.29, 0.717) is 6.54 Å². The van der Waals surface area contributed by atoms with Gasteiger partial charge in [0.1, 0.15) is 10.6 Å². The summed E-state index contributed by atoms with van der Waals surface area (Å²) in [5.41, 5.74) is 0.981. The molecule has 0 radical (unpaired) electrons. The van der Waals surface area contributed by atoms with Crippen LogP contribution < -0.4 is 14.8 Å². The highest BCUT2D eigenvalue weighted by atomic mass is 35.5. The Morgan fingerprint density at radius 1 is 1.43 bits per heavy atom. The van der Waals surface area contributed by atoms with Gasteiger partial charge in [-0.2, -0.15) is 0 Å². The minimum atomic E-state index is -3.92. The Morgan fingerprint density at radius 2 is 2.10 bits per heavy atom. The van der Waals surface area contributed by atoms with Crippen molar-refractivity contribution in [1.82, 2.24) is 10.0 Å². The van der Waals surface area contributed by atoms with E-state index in [9.17, 15) is 8.42 Å². The summed E-state index contributed by atoms with van der Waals surface area (Å²) in [5.74, 6) is 0.0263. The summed E-state index contributed by atoms with van der Waals surface area (Å²) in [6.07, 6.45) is 1.54. The van der Waals surface area contributed by atoms with E-state index in [4.69, 9.17) is 40.2 Å². The molecule has 0 aromatic heterocycles. The minimum absolute atomic E-state index is 0.0263. The zero-order valence-corrected chi connectivity index (χ0v) is 13.8. The van der Waals surface area contributed by atoms with Crippen LogP contribution in [0.1, 0.15) is 0 Å². The van der Waals surface area contributed by atoms with E-state index in [1.54, 1.807) is 18.2 Å². The van der Waals surface area contributed by atoms with Crippen LogP contribution in [0, 0.1) is 0 Å². The minimum Gasteiger partial charge on any atom is -0.443 e. The molecule has 0 amide bonds. The van der Waals surface area contributed by atoms with Crippen molar-refractivity contribution in [1.29, 1.82) is 0 Å². The van der Waals surface area contributed by atoms with Crippen LogP contribution in [0.25, 0.3) is 0 Å². The monoisotopic (exact) mass is 366 g/mol. The molecule has 114 valence electrons. The molecule has 21 heavy (non-hydrogen) atoms. The normalized spacial score (nSPS) is 11.6. The van der Waals surface area contributed by atoms with Crippen LogP contribution in [0.5, 0.6) is 5.75 Å². The van der Waals surface area contributed by atoms with E-state index in [-0.39, 0.29) is 21.0 Å². The van der Waals surface area contributed by atoms with Crippen molar-refractivity contribution in [2.75, 3.05) is 6.54 Å². The Bertz CT molecular complexity index is 660. The second-order valence-corrected chi connectivity index (χ2v) is 6.22. The molecule has 0 aliphatic carbocycles. The van der Waals surface area contributed by atoms with Crippen molar-refractivity contribution in [3.63, 3.8) is 0 Å². The molecule has 2 N–H and O–H groups in total. The van der Waals surface area contributed by atoms with Crippen molar-refractivity contribution < 1.29 is 13.2 Å². The molecule has 1 aromatic rings. The summed E-state index contributed by atoms with van der Waals surface area (Å²) in [5, 5.41) is 2.44. The molecule has 5 nitrogen and oxygen atoms in total. The maximum absolute atomic E-state index is 12.3. The molecular formula is C12H12Cl2N2O3S2. The molecule has 0 spiro atoms. The first-order valence-electron chi connectivity index (χ1n) is 5.55. The van der Waals surface area contributed by atoms with Crippen molar-refractivity contribution in [3.05, 3.63) is 47.7 Å². The number of rotatable bonds is 6. The second-order valence-electron chi connectivity index (χ2n) is 3.57. The number of ether oxygens (including phenoxy) is 1. The van der Waals surface area contributed by atoms with Crippen molar-refractivity contribution in [2.45, 2.75) is 4.90 Å². The zero-order chi connectivity index (χ0) is 15.9. The zero-order valence-electron chi connectivity index (χ0n) is 10.7. The van der Waals surface area contributed by atoms with Gasteiger partial charge in [-0.3, -0.25) is 4.72 Å². The molecule has 1 aromatic carbocycles. The number of hydrogen-bond acceptors (Lipinski definition) is 4. The molecule has 0 bridgehead atoms. The number of halogens is 2. The number of thiocarbonyl (C=S) groups is 1. The lowest BCUT2D eigenvalue weighted by molar-refractivity contribution is 0.449. The molecule has 0 saturated carbocycles. The van der Waals surface area contributed by atoms with Gasteiger partial charge in [-0.15, -0.1) is 6.58 Å². The van der Waals surface area contributed by atoms with Gasteiger partial charge < -0.3 is 10.1 Å². The topological polar surface area (TPSA) is 67.4 Å². The summed E-state index contributed by atoms with van der Waals surface area (Å²) in [7, 11) is -3.92. The van der Waals surface area contributed by atoms with Crippen LogP contribution in [0.4, 0.5) is 0 Å². The smallest absolute Gasteiger partial charge is 0.267 e. The molecule has 0 saturated heterocycles. The Morgan fingerprint density at radius 3 is 2.71 bits per heavy atom. The lowest BCUT2D eigenvalue weighted by Crippen LogP contribution is -2.39. The fourth-order valence-electron chi connectivity index (χ4n) is 1.26. The third-order valence-corrected chi connectivity index (χ3v) is 4.33. The molecule has 0 aliphatic rings. The van der Waals surface area contributed by atoms with E-state index in [0.717, 1.165) is 5.54 Å². The fraction of sp³-hybridized carbons (Fsp3) is 0.0833. The molecule has 0 unspecified atom stereocenters. The van der Waals surface area contributed by atoms with Crippen molar-refractivity contribution >= 4 is 50.6 Å². The maximum Gasteiger partial charge on any atom is 0.267 e. The van der Waals surface area contributed by atoms with E-state index >= 15 is 0 Å². The molecule has 0 heterocycles. The number of sulfonamides is 1. The third kappa shape index (κ3) is 5.55. The van der Waals surface area contributed by atoms with Crippen molar-refractivity contribution in [3.8, 4) is 5.75 Å². The van der Waals surface area contributed by atoms with Crippen LogP contribution in [0.2, 0.25) is 0 Å². The highest BCUT2D eigenvalue weighted by Gasteiger charge is 2.21. The molecular weight excluding hydrogens is 355 g/mol. The van der Waals surface area contributed by atoms with Gasteiger partial charge in [-0.1, -0.05) is 29.8 Å². The van der Waals surface area contributed by atoms with E-state index in [2.05, 4.69) is 16.6 Å². The summed E-state index contributed by atoms with van der Waals surface area (Å²) < 4.78 is 31.9. The standard InChI is InChI=1S/C12H12Cl2N2O3S2/c1-2-7-15-12(20)16-21(17,18)10-6-4-3-5-9(10)19-11(14)8-13/h2-6,8H,1,7H2,(H2,15,16,20). The van der Waals surface area contributed by atoms with Gasteiger partial charge in [-0.25, -0.2) is 8.42 Å². The molecule has 0 fully saturated rings. The summed E-state index contributed by atoms with van der Waals surface area (Å²) in [6.45, 7) is 3.82. The highest BCUT2D eigenvalue weighted by molar-refractivity contribution is 7.92. The predicted octanol–water partition coefficient (Wildman–Crippen LogP) is 2.68. The highest BCUT2D eigenvalue weighted by Crippen LogP contribution is 2.26. The van der Waals surface area contributed by atoms with Crippen LogP contribution >= 0.6 is 35.4 Å². The van der Waals surface area contributed by atoms with Gasteiger partial charge >= 0.3 is 0 Å². The molecule has 9 heteroatoms. The number of hydrogen-bond donors (Lipinski definition) is 2. The Labute approximate surface area is 138 Å². The van der Waals surface area contributed by atoms with Gasteiger partial charge in [0.15, 0.2) is 5.11 Å². The SMILES string of the molecule is C=CCNC(=S)NS(=O)(=O)c1ccccc1OC(Cl)=CCl. The Kier molecular flexibility index (Phi) is 6.97. The van der Waals surface area contributed by atoms with Crippen molar-refractivity contribution in [2.24, 2.45) is 0 Å². The summed E-state index contributed by atoms with van der Waals surface area (Å²) in [6, 6.07) is 5.94. The van der Waals surface area contributed by atoms with Crippen LogP contribution in [0.3, 0.4) is 0 Å². The second kappa shape index (κ2) is 8.23. The van der Waals surface area contributed by atoms with Gasteiger partial charge in [0.2, 0.25) is 5.22 Å².